The lowest BCUT2D eigenvalue weighted by molar-refractivity contribution is 0.415. The second kappa shape index (κ2) is 7.09. The molecule has 4 rings (SSSR count). The Morgan fingerprint density at radius 1 is 0.846 bits per heavy atom. The van der Waals surface area contributed by atoms with Gasteiger partial charge in [-0.1, -0.05) is 54.6 Å². The second-order valence-corrected chi connectivity index (χ2v) is 6.75. The highest BCUT2D eigenvalue weighted by Crippen LogP contribution is 2.28. The van der Waals surface area contributed by atoms with Crippen LogP contribution in [0.5, 0.6) is 5.75 Å². The molecule has 4 aromatic rings. The van der Waals surface area contributed by atoms with E-state index in [0.29, 0.717) is 0 Å². The van der Waals surface area contributed by atoms with Crippen LogP contribution in [0.4, 0.5) is 0 Å². The van der Waals surface area contributed by atoms with Gasteiger partial charge in [0.2, 0.25) is 0 Å². The Balaban J connectivity index is 1.79. The van der Waals surface area contributed by atoms with Crippen LogP contribution in [0.3, 0.4) is 0 Å². The fourth-order valence-corrected chi connectivity index (χ4v) is 3.53. The summed E-state index contributed by atoms with van der Waals surface area (Å²) in [6.45, 7) is 3.04. The Morgan fingerprint density at radius 3 is 2.38 bits per heavy atom. The summed E-state index contributed by atoms with van der Waals surface area (Å²) in [5.74, 6) is 0.896. The number of fused-ring (bicyclic) bond motifs is 1. The van der Waals surface area contributed by atoms with Gasteiger partial charge in [0.05, 0.1) is 12.6 Å². The van der Waals surface area contributed by atoms with Gasteiger partial charge in [0.15, 0.2) is 0 Å². The van der Waals surface area contributed by atoms with E-state index in [4.69, 9.17) is 4.74 Å². The molecule has 0 atom stereocenters. The van der Waals surface area contributed by atoms with Gasteiger partial charge in [-0.2, -0.15) is 0 Å². The lowest BCUT2D eigenvalue weighted by Crippen LogP contribution is -2.00. The van der Waals surface area contributed by atoms with Gasteiger partial charge in [0, 0.05) is 24.2 Å². The van der Waals surface area contributed by atoms with Crippen LogP contribution in [-0.2, 0) is 13.0 Å². The van der Waals surface area contributed by atoms with Gasteiger partial charge in [-0.15, -0.1) is 0 Å². The second-order valence-electron chi connectivity index (χ2n) is 6.75. The third kappa shape index (κ3) is 3.23. The van der Waals surface area contributed by atoms with Gasteiger partial charge >= 0.3 is 0 Å². The van der Waals surface area contributed by atoms with Crippen molar-refractivity contribution >= 4 is 10.9 Å². The van der Waals surface area contributed by atoms with Crippen LogP contribution in [-0.4, -0.2) is 11.7 Å². The van der Waals surface area contributed by atoms with Crippen molar-refractivity contribution in [2.45, 2.75) is 19.9 Å². The first-order valence-corrected chi connectivity index (χ1v) is 8.99. The van der Waals surface area contributed by atoms with E-state index in [0.717, 1.165) is 18.7 Å². The van der Waals surface area contributed by atoms with Crippen molar-refractivity contribution in [1.29, 1.82) is 0 Å². The summed E-state index contributed by atoms with van der Waals surface area (Å²) in [6, 6.07) is 25.6. The highest BCUT2D eigenvalue weighted by Gasteiger charge is 2.11. The van der Waals surface area contributed by atoms with Gasteiger partial charge in [-0.3, -0.25) is 0 Å². The predicted octanol–water partition coefficient (Wildman–Crippen LogP) is 5.60. The molecule has 26 heavy (non-hydrogen) atoms. The molecule has 3 aromatic carbocycles. The summed E-state index contributed by atoms with van der Waals surface area (Å²) < 4.78 is 7.81. The van der Waals surface area contributed by atoms with Gasteiger partial charge in [-0.25, -0.2) is 0 Å². The molecule has 1 aromatic heterocycles. The number of methoxy groups -OCH3 is 1. The highest BCUT2D eigenvalue weighted by atomic mass is 16.5. The maximum Gasteiger partial charge on any atom is 0.120 e. The van der Waals surface area contributed by atoms with Gasteiger partial charge in [-0.05, 0) is 47.7 Å². The van der Waals surface area contributed by atoms with Gasteiger partial charge in [0.1, 0.15) is 5.75 Å². The quantitative estimate of drug-likeness (QED) is 0.461. The van der Waals surface area contributed by atoms with Crippen molar-refractivity contribution in [2.75, 3.05) is 7.11 Å². The van der Waals surface area contributed by atoms with Crippen molar-refractivity contribution in [3.05, 3.63) is 101 Å². The summed E-state index contributed by atoms with van der Waals surface area (Å²) in [5.41, 5.74) is 6.57. The number of aromatic nitrogens is 1. The Kier molecular flexibility index (Phi) is 4.49. The fourth-order valence-electron chi connectivity index (χ4n) is 3.53. The predicted molar refractivity (Wildman–Crippen MR) is 108 cm³/mol. The maximum atomic E-state index is 5.47. The molecule has 0 unspecified atom stereocenters. The minimum Gasteiger partial charge on any atom is -0.497 e. The van der Waals surface area contributed by atoms with Crippen LogP contribution in [0, 0.1) is 6.92 Å². The standard InChI is InChI=1S/C24H23NO/c1-18-8-6-7-11-20(18)16-25-17-21(14-19-9-4-3-5-10-19)23-13-12-22(26-2)15-24(23)25/h3-13,15,17H,14,16H2,1-2H3. The molecule has 0 N–H and O–H groups in total. The number of rotatable bonds is 5. The minimum atomic E-state index is 0.866. The summed E-state index contributed by atoms with van der Waals surface area (Å²) in [4.78, 5) is 0. The average molecular weight is 341 g/mol. The number of nitrogens with zero attached hydrogens (tertiary/aromatic N) is 1. The minimum absolute atomic E-state index is 0.866. The van der Waals surface area contributed by atoms with E-state index < -0.39 is 0 Å². The molecular weight excluding hydrogens is 318 g/mol. The number of benzene rings is 3. The zero-order valence-corrected chi connectivity index (χ0v) is 15.3. The number of hydrogen-bond donors (Lipinski definition) is 0. The first-order valence-electron chi connectivity index (χ1n) is 8.99. The van der Waals surface area contributed by atoms with Gasteiger partial charge in [0.25, 0.3) is 0 Å². The SMILES string of the molecule is COc1ccc2c(Cc3ccccc3)cn(Cc3ccccc3C)c2c1. The molecule has 0 aliphatic rings. The van der Waals surface area contributed by atoms with Crippen LogP contribution in [0.25, 0.3) is 10.9 Å². The largest absolute Gasteiger partial charge is 0.497 e. The zero-order chi connectivity index (χ0) is 17.9. The molecule has 0 saturated carbocycles. The molecule has 0 aliphatic heterocycles. The van der Waals surface area contributed by atoms with Crippen LogP contribution < -0.4 is 4.74 Å². The number of aryl methyl sites for hydroxylation is 1. The van der Waals surface area contributed by atoms with Crippen molar-refractivity contribution in [2.24, 2.45) is 0 Å². The Hall–Kier alpha value is -3.00. The third-order valence-corrected chi connectivity index (χ3v) is 5.01. The lowest BCUT2D eigenvalue weighted by atomic mass is 10.0. The number of ether oxygens (including phenoxy) is 1. The molecular formula is C24H23NO. The zero-order valence-electron chi connectivity index (χ0n) is 15.3. The summed E-state index contributed by atoms with van der Waals surface area (Å²) in [6.07, 6.45) is 3.23. The molecule has 0 bridgehead atoms. The summed E-state index contributed by atoms with van der Waals surface area (Å²) in [7, 11) is 1.72. The third-order valence-electron chi connectivity index (χ3n) is 5.01. The molecule has 1 heterocycles. The first-order chi connectivity index (χ1) is 12.7. The molecule has 0 saturated heterocycles. The normalized spacial score (nSPS) is 11.0. The highest BCUT2D eigenvalue weighted by molar-refractivity contribution is 5.85. The summed E-state index contributed by atoms with van der Waals surface area (Å²) >= 11 is 0. The van der Waals surface area contributed by atoms with Crippen molar-refractivity contribution < 1.29 is 4.74 Å². The van der Waals surface area contributed by atoms with Crippen LogP contribution in [0.1, 0.15) is 22.3 Å². The summed E-state index contributed by atoms with van der Waals surface area (Å²) in [5, 5.41) is 1.29. The topological polar surface area (TPSA) is 14.2 Å². The van der Waals surface area contributed by atoms with Crippen LogP contribution in [0.2, 0.25) is 0 Å². The van der Waals surface area contributed by atoms with E-state index >= 15 is 0 Å². The molecule has 2 nitrogen and oxygen atoms in total. The molecule has 0 fully saturated rings. The maximum absolute atomic E-state index is 5.47. The molecule has 0 aliphatic carbocycles. The molecule has 0 radical (unpaired) electrons. The Morgan fingerprint density at radius 2 is 1.62 bits per heavy atom. The molecule has 130 valence electrons. The van der Waals surface area contributed by atoms with Crippen LogP contribution in [0.15, 0.2) is 79.0 Å². The molecule has 2 heteroatoms. The van der Waals surface area contributed by atoms with E-state index in [2.05, 4.69) is 90.5 Å². The lowest BCUT2D eigenvalue weighted by Gasteiger charge is -2.09. The van der Waals surface area contributed by atoms with E-state index in [1.165, 1.54) is 33.2 Å². The van der Waals surface area contributed by atoms with Crippen molar-refractivity contribution in [3.8, 4) is 5.75 Å². The fraction of sp³-hybridized carbons (Fsp3) is 0.167. The van der Waals surface area contributed by atoms with Crippen molar-refractivity contribution in [3.63, 3.8) is 0 Å². The smallest absolute Gasteiger partial charge is 0.120 e. The first kappa shape index (κ1) is 16.5. The van der Waals surface area contributed by atoms with E-state index in [1.54, 1.807) is 7.11 Å². The van der Waals surface area contributed by atoms with Crippen molar-refractivity contribution in [1.82, 2.24) is 4.57 Å². The van der Waals surface area contributed by atoms with Crippen LogP contribution >= 0.6 is 0 Å². The Bertz CT molecular complexity index is 1030. The number of hydrogen-bond acceptors (Lipinski definition) is 1. The van der Waals surface area contributed by atoms with E-state index in [1.807, 2.05) is 0 Å². The average Bonchev–Trinajstić information content (AvgIpc) is 3.01. The van der Waals surface area contributed by atoms with Gasteiger partial charge < -0.3 is 9.30 Å². The monoisotopic (exact) mass is 341 g/mol. The molecule has 0 spiro atoms. The Labute approximate surface area is 154 Å². The van der Waals surface area contributed by atoms with E-state index in [9.17, 15) is 0 Å². The molecule has 0 amide bonds. The van der Waals surface area contributed by atoms with E-state index in [-0.39, 0.29) is 0 Å².